The molecule has 0 saturated carbocycles. The summed E-state index contributed by atoms with van der Waals surface area (Å²) in [6.07, 6.45) is 3.31. The van der Waals surface area contributed by atoms with Crippen molar-refractivity contribution in [2.24, 2.45) is 5.73 Å². The van der Waals surface area contributed by atoms with Gasteiger partial charge in [0.15, 0.2) is 0 Å². The first kappa shape index (κ1) is 13.5. The monoisotopic (exact) mass is 261 g/mol. The fraction of sp³-hybridized carbons (Fsp3) is 0.429. The zero-order chi connectivity index (χ0) is 13.7. The standard InChI is InChI=1S/C14H19N3O2/c15-13(18)10-3-1-4-11(9-10)14(19)17-8-6-12-5-2-7-16-12/h1,3-4,9,12,16H,2,5-8H2,(H2,15,18)(H,17,19)/t12-/m0/s1. The molecule has 0 aliphatic carbocycles. The predicted molar refractivity (Wildman–Crippen MR) is 72.9 cm³/mol. The van der Waals surface area contributed by atoms with Crippen molar-refractivity contribution in [1.29, 1.82) is 0 Å². The van der Waals surface area contributed by atoms with E-state index in [2.05, 4.69) is 10.6 Å². The quantitative estimate of drug-likeness (QED) is 0.728. The van der Waals surface area contributed by atoms with Crippen LogP contribution in [-0.4, -0.2) is 30.9 Å². The van der Waals surface area contributed by atoms with Crippen molar-refractivity contribution in [1.82, 2.24) is 10.6 Å². The first-order valence-electron chi connectivity index (χ1n) is 6.58. The highest BCUT2D eigenvalue weighted by molar-refractivity contribution is 5.99. The van der Waals surface area contributed by atoms with Crippen LogP contribution in [0.25, 0.3) is 0 Å². The molecule has 1 aliphatic heterocycles. The van der Waals surface area contributed by atoms with Crippen LogP contribution in [0.4, 0.5) is 0 Å². The van der Waals surface area contributed by atoms with E-state index in [1.807, 2.05) is 0 Å². The molecule has 102 valence electrons. The highest BCUT2D eigenvalue weighted by Crippen LogP contribution is 2.08. The van der Waals surface area contributed by atoms with Gasteiger partial charge in [0.1, 0.15) is 0 Å². The Labute approximate surface area is 112 Å². The lowest BCUT2D eigenvalue weighted by Gasteiger charge is -2.11. The van der Waals surface area contributed by atoms with Crippen molar-refractivity contribution in [3.63, 3.8) is 0 Å². The molecule has 1 aliphatic rings. The summed E-state index contributed by atoms with van der Waals surface area (Å²) in [6.45, 7) is 1.70. The van der Waals surface area contributed by atoms with E-state index in [4.69, 9.17) is 5.73 Å². The molecule has 0 aromatic heterocycles. The Balaban J connectivity index is 1.85. The highest BCUT2D eigenvalue weighted by Gasteiger charge is 2.14. The zero-order valence-electron chi connectivity index (χ0n) is 10.8. The maximum absolute atomic E-state index is 11.9. The summed E-state index contributed by atoms with van der Waals surface area (Å²) in [5.74, 6) is -0.689. The summed E-state index contributed by atoms with van der Waals surface area (Å²) in [4.78, 5) is 23.0. The minimum Gasteiger partial charge on any atom is -0.366 e. The van der Waals surface area contributed by atoms with Crippen LogP contribution < -0.4 is 16.4 Å². The lowest BCUT2D eigenvalue weighted by molar-refractivity contribution is 0.0952. The Hall–Kier alpha value is -1.88. The van der Waals surface area contributed by atoms with Crippen LogP contribution in [0, 0.1) is 0 Å². The molecule has 1 aromatic carbocycles. The van der Waals surface area contributed by atoms with E-state index in [0.717, 1.165) is 13.0 Å². The largest absolute Gasteiger partial charge is 0.366 e. The Kier molecular flexibility index (Phi) is 4.52. The number of hydrogen-bond acceptors (Lipinski definition) is 3. The number of nitrogens with two attached hydrogens (primary N) is 1. The Morgan fingerprint density at radius 1 is 1.37 bits per heavy atom. The van der Waals surface area contributed by atoms with E-state index < -0.39 is 5.91 Å². The number of carbonyl (C=O) groups is 2. The number of carbonyl (C=O) groups excluding carboxylic acids is 2. The van der Waals surface area contributed by atoms with E-state index in [-0.39, 0.29) is 5.91 Å². The van der Waals surface area contributed by atoms with Crippen LogP contribution >= 0.6 is 0 Å². The number of rotatable bonds is 5. The third-order valence-corrected chi connectivity index (χ3v) is 3.35. The van der Waals surface area contributed by atoms with Crippen LogP contribution in [0.5, 0.6) is 0 Å². The molecule has 2 rings (SSSR count). The van der Waals surface area contributed by atoms with E-state index in [0.29, 0.717) is 23.7 Å². The highest BCUT2D eigenvalue weighted by atomic mass is 16.2. The average Bonchev–Trinajstić information content (AvgIpc) is 2.92. The van der Waals surface area contributed by atoms with Crippen LogP contribution in [0.15, 0.2) is 24.3 Å². The van der Waals surface area contributed by atoms with Gasteiger partial charge in [-0.1, -0.05) is 6.07 Å². The third kappa shape index (κ3) is 3.79. The van der Waals surface area contributed by atoms with Crippen molar-refractivity contribution in [3.8, 4) is 0 Å². The molecule has 1 fully saturated rings. The summed E-state index contributed by atoms with van der Waals surface area (Å²) in [5, 5.41) is 6.24. The first-order valence-corrected chi connectivity index (χ1v) is 6.58. The molecule has 4 N–H and O–H groups in total. The van der Waals surface area contributed by atoms with Crippen molar-refractivity contribution >= 4 is 11.8 Å². The average molecular weight is 261 g/mol. The van der Waals surface area contributed by atoms with Gasteiger partial charge in [0.05, 0.1) is 0 Å². The Morgan fingerprint density at radius 2 is 2.16 bits per heavy atom. The molecule has 1 atom stereocenters. The number of benzene rings is 1. The van der Waals surface area contributed by atoms with E-state index >= 15 is 0 Å². The SMILES string of the molecule is NC(=O)c1cccc(C(=O)NCC[C@@H]2CCCN2)c1. The van der Waals surface area contributed by atoms with Gasteiger partial charge < -0.3 is 16.4 Å². The second-order valence-corrected chi connectivity index (χ2v) is 4.78. The van der Waals surface area contributed by atoms with Gasteiger partial charge in [0.25, 0.3) is 5.91 Å². The minimum atomic E-state index is -0.523. The van der Waals surface area contributed by atoms with Gasteiger partial charge in [-0.25, -0.2) is 0 Å². The molecule has 19 heavy (non-hydrogen) atoms. The molecule has 5 nitrogen and oxygen atoms in total. The summed E-state index contributed by atoms with van der Waals surface area (Å²) < 4.78 is 0. The summed E-state index contributed by atoms with van der Waals surface area (Å²) in [5.41, 5.74) is 6.01. The molecule has 0 unspecified atom stereocenters. The number of amides is 2. The van der Waals surface area contributed by atoms with Crippen molar-refractivity contribution < 1.29 is 9.59 Å². The lowest BCUT2D eigenvalue weighted by Crippen LogP contribution is -2.30. The molecule has 1 saturated heterocycles. The second-order valence-electron chi connectivity index (χ2n) is 4.78. The molecule has 1 aromatic rings. The smallest absolute Gasteiger partial charge is 0.251 e. The Morgan fingerprint density at radius 3 is 2.84 bits per heavy atom. The second kappa shape index (κ2) is 6.33. The van der Waals surface area contributed by atoms with Gasteiger partial charge in [0.2, 0.25) is 5.91 Å². The summed E-state index contributed by atoms with van der Waals surface area (Å²) >= 11 is 0. The van der Waals surface area contributed by atoms with Crippen LogP contribution in [0.3, 0.4) is 0 Å². The maximum Gasteiger partial charge on any atom is 0.251 e. The molecule has 0 radical (unpaired) electrons. The van der Waals surface area contributed by atoms with Crippen molar-refractivity contribution in [2.45, 2.75) is 25.3 Å². The van der Waals surface area contributed by atoms with Gasteiger partial charge in [-0.2, -0.15) is 0 Å². The van der Waals surface area contributed by atoms with E-state index in [9.17, 15) is 9.59 Å². The fourth-order valence-corrected chi connectivity index (χ4v) is 2.28. The Bertz CT molecular complexity index is 468. The molecule has 1 heterocycles. The molecule has 0 bridgehead atoms. The van der Waals surface area contributed by atoms with Gasteiger partial charge in [0, 0.05) is 23.7 Å². The van der Waals surface area contributed by atoms with E-state index in [1.165, 1.54) is 18.9 Å². The topological polar surface area (TPSA) is 84.2 Å². The third-order valence-electron chi connectivity index (χ3n) is 3.35. The number of primary amides is 1. The van der Waals surface area contributed by atoms with Gasteiger partial charge >= 0.3 is 0 Å². The number of nitrogens with one attached hydrogen (secondary N) is 2. The van der Waals surface area contributed by atoms with E-state index in [1.54, 1.807) is 18.2 Å². The fourth-order valence-electron chi connectivity index (χ4n) is 2.28. The molecule has 5 heteroatoms. The normalized spacial score (nSPS) is 18.2. The lowest BCUT2D eigenvalue weighted by atomic mass is 10.1. The van der Waals surface area contributed by atoms with Gasteiger partial charge in [-0.3, -0.25) is 9.59 Å². The predicted octanol–water partition coefficient (Wildman–Crippen LogP) is 0.657. The molecule has 2 amide bonds. The van der Waals surface area contributed by atoms with Crippen LogP contribution in [0.1, 0.15) is 40.0 Å². The number of hydrogen-bond donors (Lipinski definition) is 3. The molecular formula is C14H19N3O2. The first-order chi connectivity index (χ1) is 9.16. The van der Waals surface area contributed by atoms with Crippen LogP contribution in [-0.2, 0) is 0 Å². The van der Waals surface area contributed by atoms with Gasteiger partial charge in [-0.15, -0.1) is 0 Å². The van der Waals surface area contributed by atoms with Gasteiger partial charge in [-0.05, 0) is 44.0 Å². The van der Waals surface area contributed by atoms with Crippen molar-refractivity contribution in [3.05, 3.63) is 35.4 Å². The summed E-state index contributed by atoms with van der Waals surface area (Å²) in [6, 6.07) is 6.97. The molecular weight excluding hydrogens is 242 g/mol. The van der Waals surface area contributed by atoms with Crippen LogP contribution in [0.2, 0.25) is 0 Å². The zero-order valence-corrected chi connectivity index (χ0v) is 10.8. The summed E-state index contributed by atoms with van der Waals surface area (Å²) in [7, 11) is 0. The van der Waals surface area contributed by atoms with Crippen molar-refractivity contribution in [2.75, 3.05) is 13.1 Å². The maximum atomic E-state index is 11.9. The molecule has 0 spiro atoms. The minimum absolute atomic E-state index is 0.166.